The maximum absolute atomic E-state index is 12.0. The lowest BCUT2D eigenvalue weighted by molar-refractivity contribution is 0.168. The number of nitrogens with zero attached hydrogens (tertiary/aromatic N) is 6. The van der Waals surface area contributed by atoms with Crippen LogP contribution in [-0.2, 0) is 29.4 Å². The van der Waals surface area contributed by atoms with Gasteiger partial charge in [0.15, 0.2) is 11.6 Å². The minimum atomic E-state index is -3.50. The average Bonchev–Trinajstić information content (AvgIpc) is 3.23. The zero-order valence-electron chi connectivity index (χ0n) is 22.7. The molecule has 0 saturated carbocycles. The van der Waals surface area contributed by atoms with Crippen LogP contribution in [0.4, 0.5) is 23.3 Å². The van der Waals surface area contributed by atoms with Crippen molar-refractivity contribution in [3.63, 3.8) is 0 Å². The van der Waals surface area contributed by atoms with Crippen LogP contribution in [0, 0.1) is 5.92 Å². The highest BCUT2D eigenvalue weighted by molar-refractivity contribution is 7.92. The minimum absolute atomic E-state index is 0.162. The zero-order valence-corrected chi connectivity index (χ0v) is 24.3. The molecular weight excluding hydrogens is 552 g/mol. The number of nitrogens with one attached hydrogen (secondary N) is 2. The normalized spacial score (nSPS) is 19.6. The molecule has 40 heavy (non-hydrogen) atoms. The second-order valence-electron chi connectivity index (χ2n) is 10.6. The molecule has 214 valence electrons. The summed E-state index contributed by atoms with van der Waals surface area (Å²) >= 11 is 6.36. The summed E-state index contributed by atoms with van der Waals surface area (Å²) in [6, 6.07) is 6.41. The van der Waals surface area contributed by atoms with E-state index in [-0.39, 0.29) is 18.5 Å². The summed E-state index contributed by atoms with van der Waals surface area (Å²) in [7, 11) is -2.07. The zero-order chi connectivity index (χ0) is 28.3. The van der Waals surface area contributed by atoms with Gasteiger partial charge in [-0.2, -0.15) is 4.98 Å². The molecule has 3 aromatic rings. The number of sulfonamides is 1. The quantitative estimate of drug-likeness (QED) is 0.320. The van der Waals surface area contributed by atoms with Gasteiger partial charge in [0.1, 0.15) is 10.7 Å². The molecule has 11 nitrogen and oxygen atoms in total. The van der Waals surface area contributed by atoms with Gasteiger partial charge in [0, 0.05) is 44.8 Å². The lowest BCUT2D eigenvalue weighted by Crippen LogP contribution is -2.28. The highest BCUT2D eigenvalue weighted by Crippen LogP contribution is 2.30. The summed E-state index contributed by atoms with van der Waals surface area (Å²) in [6.45, 7) is 3.02. The third-order valence-electron chi connectivity index (χ3n) is 7.59. The van der Waals surface area contributed by atoms with Crippen molar-refractivity contribution < 1.29 is 13.5 Å². The number of hydrogen-bond donors (Lipinski definition) is 3. The Bertz CT molecular complexity index is 1460. The van der Waals surface area contributed by atoms with Crippen molar-refractivity contribution in [3.05, 3.63) is 58.6 Å². The molecule has 13 heteroatoms. The summed E-state index contributed by atoms with van der Waals surface area (Å²) in [4.78, 5) is 19.7. The molecule has 1 aliphatic heterocycles. The third kappa shape index (κ3) is 6.98. The number of aryl methyl sites for hydroxylation is 2. The van der Waals surface area contributed by atoms with E-state index in [0.717, 1.165) is 68.0 Å². The summed E-state index contributed by atoms with van der Waals surface area (Å²) in [5.41, 5.74) is 4.06. The van der Waals surface area contributed by atoms with E-state index in [9.17, 15) is 13.5 Å². The van der Waals surface area contributed by atoms with Gasteiger partial charge in [-0.25, -0.2) is 18.4 Å². The van der Waals surface area contributed by atoms with Gasteiger partial charge in [0.25, 0.3) is 0 Å². The molecule has 1 saturated heterocycles. The molecule has 1 aromatic carbocycles. The molecule has 0 radical (unpaired) electrons. The Balaban J connectivity index is 1.24. The number of aromatic nitrogens is 4. The molecule has 1 aliphatic carbocycles. The van der Waals surface area contributed by atoms with Crippen LogP contribution >= 0.6 is 11.6 Å². The molecule has 2 aliphatic rings. The van der Waals surface area contributed by atoms with Crippen LogP contribution in [0.5, 0.6) is 0 Å². The van der Waals surface area contributed by atoms with E-state index in [1.165, 1.54) is 36.8 Å². The first-order chi connectivity index (χ1) is 19.2. The van der Waals surface area contributed by atoms with Crippen LogP contribution in [0.3, 0.4) is 0 Å². The average molecular weight is 587 g/mol. The van der Waals surface area contributed by atoms with E-state index in [1.807, 2.05) is 6.07 Å². The maximum atomic E-state index is 12.0. The molecule has 1 fully saturated rings. The number of likely N-dealkylation sites (tertiary alicyclic amines) is 1. The Morgan fingerprint density at radius 1 is 1.12 bits per heavy atom. The second-order valence-corrected chi connectivity index (χ2v) is 13.0. The number of benzene rings is 1. The summed E-state index contributed by atoms with van der Waals surface area (Å²) in [5.74, 6) is 1.64. The number of hydrogen-bond acceptors (Lipinski definition) is 10. The van der Waals surface area contributed by atoms with E-state index in [2.05, 4.69) is 47.6 Å². The summed E-state index contributed by atoms with van der Waals surface area (Å²) < 4.78 is 25.1. The molecule has 0 bridgehead atoms. The smallest absolute Gasteiger partial charge is 0.233 e. The first-order valence-electron chi connectivity index (χ1n) is 13.4. The first-order valence-corrected chi connectivity index (χ1v) is 15.7. The van der Waals surface area contributed by atoms with Crippen molar-refractivity contribution in [2.45, 2.75) is 44.8 Å². The lowest BCUT2D eigenvalue weighted by atomic mass is 9.99. The number of β-amino-alcohol motifs (C(OH)–C–C–N with tert-alkyl or cyclic N) is 1. The molecule has 0 spiro atoms. The van der Waals surface area contributed by atoms with Crippen molar-refractivity contribution in [1.82, 2.24) is 24.8 Å². The molecule has 3 heterocycles. The Hall–Kier alpha value is -3.06. The molecule has 1 unspecified atom stereocenters. The number of rotatable bonds is 9. The Labute approximate surface area is 240 Å². The van der Waals surface area contributed by atoms with E-state index in [4.69, 9.17) is 11.6 Å². The lowest BCUT2D eigenvalue weighted by Gasteiger charge is -2.22. The Kier molecular flexibility index (Phi) is 8.69. The molecule has 2 atom stereocenters. The van der Waals surface area contributed by atoms with Gasteiger partial charge in [-0.15, -0.1) is 0 Å². The van der Waals surface area contributed by atoms with Gasteiger partial charge in [-0.05, 0) is 61.3 Å². The summed E-state index contributed by atoms with van der Waals surface area (Å²) in [5, 5.41) is 16.6. The molecule has 5 rings (SSSR count). The van der Waals surface area contributed by atoms with E-state index in [0.29, 0.717) is 28.4 Å². The molecular formula is C27H35ClN8O3S. The van der Waals surface area contributed by atoms with Gasteiger partial charge in [-0.1, -0.05) is 17.7 Å². The highest BCUT2D eigenvalue weighted by atomic mass is 35.5. The van der Waals surface area contributed by atoms with E-state index in [1.54, 1.807) is 0 Å². The maximum Gasteiger partial charge on any atom is 0.233 e. The Morgan fingerprint density at radius 3 is 2.65 bits per heavy atom. The summed E-state index contributed by atoms with van der Waals surface area (Å²) in [6.07, 6.45) is 10.7. The number of fused-ring (bicyclic) bond motifs is 1. The van der Waals surface area contributed by atoms with Crippen LogP contribution in [0.1, 0.15) is 36.1 Å². The van der Waals surface area contributed by atoms with Crippen LogP contribution in [0.25, 0.3) is 0 Å². The highest BCUT2D eigenvalue weighted by Gasteiger charge is 2.25. The first kappa shape index (κ1) is 28.5. The van der Waals surface area contributed by atoms with Crippen LogP contribution in [-0.4, -0.2) is 77.4 Å². The van der Waals surface area contributed by atoms with Crippen molar-refractivity contribution in [3.8, 4) is 0 Å². The van der Waals surface area contributed by atoms with Crippen molar-refractivity contribution in [2.24, 2.45) is 5.92 Å². The molecule has 0 amide bonds. The second kappa shape index (κ2) is 12.2. The van der Waals surface area contributed by atoms with Gasteiger partial charge >= 0.3 is 0 Å². The van der Waals surface area contributed by atoms with Gasteiger partial charge in [-0.3, -0.25) is 9.29 Å². The fourth-order valence-corrected chi connectivity index (χ4v) is 5.95. The number of halogens is 1. The number of anilines is 4. The predicted molar refractivity (Wildman–Crippen MR) is 157 cm³/mol. The molecule has 2 aromatic heterocycles. The standard InChI is InChI=1S/C27H35ClN8O3S/c1-35(40(2,38)39)26-24(29-10-11-30-26)15-31-25-23(28)14-32-27(34-25)33-21-8-7-19-5-3-18(4-6-20(19)13-21)16-36-12-9-22(37)17-36/h7-8,10-11,13-14,18,22,37H,3-6,9,12,15-17H2,1-2H3,(H2,31,32,33,34)/t18?,22-/m0/s1. The minimum Gasteiger partial charge on any atom is -0.392 e. The topological polar surface area (TPSA) is 136 Å². The monoisotopic (exact) mass is 586 g/mol. The van der Waals surface area contributed by atoms with Gasteiger partial charge in [0.05, 0.1) is 25.1 Å². The predicted octanol–water partition coefficient (Wildman–Crippen LogP) is 3.23. The van der Waals surface area contributed by atoms with Crippen LogP contribution in [0.2, 0.25) is 5.02 Å². The Morgan fingerprint density at radius 2 is 1.90 bits per heavy atom. The fourth-order valence-electron chi connectivity index (χ4n) is 5.32. The van der Waals surface area contributed by atoms with Crippen LogP contribution in [0.15, 0.2) is 36.8 Å². The number of aliphatic hydroxyl groups excluding tert-OH is 1. The van der Waals surface area contributed by atoms with Gasteiger partial charge in [0.2, 0.25) is 16.0 Å². The largest absolute Gasteiger partial charge is 0.392 e. The fraction of sp³-hybridized carbons (Fsp3) is 0.481. The molecule has 3 N–H and O–H groups in total. The van der Waals surface area contributed by atoms with Crippen LogP contribution < -0.4 is 14.9 Å². The van der Waals surface area contributed by atoms with E-state index >= 15 is 0 Å². The van der Waals surface area contributed by atoms with Crippen molar-refractivity contribution >= 4 is 44.9 Å². The SMILES string of the molecule is CN(c1nccnc1CNc1nc(Nc2ccc3c(c2)CCC(CN2CC[C@H](O)C2)CC3)ncc1Cl)S(C)(=O)=O. The number of aliphatic hydroxyl groups is 1. The van der Waals surface area contributed by atoms with Crippen molar-refractivity contribution in [1.29, 1.82) is 0 Å². The van der Waals surface area contributed by atoms with Gasteiger partial charge < -0.3 is 20.6 Å². The van der Waals surface area contributed by atoms with Crippen molar-refractivity contribution in [2.75, 3.05) is 47.9 Å². The third-order valence-corrected chi connectivity index (χ3v) is 9.03. The van der Waals surface area contributed by atoms with E-state index < -0.39 is 10.0 Å².